The summed E-state index contributed by atoms with van der Waals surface area (Å²) in [6, 6.07) is 8.23. The lowest BCUT2D eigenvalue weighted by molar-refractivity contribution is 0.146. The van der Waals surface area contributed by atoms with Crippen molar-refractivity contribution in [3.8, 4) is 11.4 Å². The van der Waals surface area contributed by atoms with Gasteiger partial charge in [0.25, 0.3) is 12.0 Å². The third-order valence-electron chi connectivity index (χ3n) is 4.14. The largest absolute Gasteiger partial charge is 0.315 e. The fourth-order valence-corrected chi connectivity index (χ4v) is 2.77. The molecular formula is C19H19F2N3O. The molecule has 0 spiro atoms. The fraction of sp³-hybridized carbons (Fsp3) is 0.316. The summed E-state index contributed by atoms with van der Waals surface area (Å²) >= 11 is 0. The first-order valence-corrected chi connectivity index (χ1v) is 8.35. The Labute approximate surface area is 144 Å². The van der Waals surface area contributed by atoms with E-state index in [4.69, 9.17) is 0 Å². The maximum atomic E-state index is 12.8. The van der Waals surface area contributed by atoms with E-state index < -0.39 is 6.43 Å². The van der Waals surface area contributed by atoms with Crippen LogP contribution in [0.3, 0.4) is 0 Å². The molecule has 3 rings (SSSR count). The zero-order valence-electron chi connectivity index (χ0n) is 14.0. The van der Waals surface area contributed by atoms with Crippen molar-refractivity contribution < 1.29 is 8.78 Å². The summed E-state index contributed by atoms with van der Waals surface area (Å²) in [5.74, 6) is 0.229. The minimum Gasteiger partial charge on any atom is -0.315 e. The van der Waals surface area contributed by atoms with E-state index in [-0.39, 0.29) is 17.1 Å². The van der Waals surface area contributed by atoms with Crippen LogP contribution >= 0.6 is 0 Å². The van der Waals surface area contributed by atoms with Gasteiger partial charge in [0.15, 0.2) is 5.82 Å². The van der Waals surface area contributed by atoms with Crippen LogP contribution in [-0.4, -0.2) is 14.5 Å². The van der Waals surface area contributed by atoms with E-state index in [0.29, 0.717) is 17.5 Å². The molecule has 2 heterocycles. The average molecular weight is 343 g/mol. The first-order valence-electron chi connectivity index (χ1n) is 8.35. The van der Waals surface area contributed by atoms with Crippen molar-refractivity contribution in [2.24, 2.45) is 0 Å². The average Bonchev–Trinajstić information content (AvgIpc) is 2.63. The predicted molar refractivity (Wildman–Crippen MR) is 93.7 cm³/mol. The molecular weight excluding hydrogens is 324 g/mol. The first-order chi connectivity index (χ1) is 12.1. The molecule has 1 aromatic carbocycles. The highest BCUT2D eigenvalue weighted by Crippen LogP contribution is 2.23. The Bertz CT molecular complexity index is 937. The van der Waals surface area contributed by atoms with E-state index in [2.05, 4.69) is 16.9 Å². The number of unbranched alkanes of at least 4 members (excludes halogenated alkanes) is 2. The number of hydrogen-bond donors (Lipinski definition) is 0. The van der Waals surface area contributed by atoms with Crippen molar-refractivity contribution in [3.63, 3.8) is 0 Å². The first kappa shape index (κ1) is 17.2. The highest BCUT2D eigenvalue weighted by Gasteiger charge is 2.12. The minimum absolute atomic E-state index is 0.0394. The van der Waals surface area contributed by atoms with Crippen LogP contribution in [0.25, 0.3) is 22.2 Å². The smallest absolute Gasteiger partial charge is 0.280 e. The van der Waals surface area contributed by atoms with E-state index in [1.165, 1.54) is 12.3 Å². The summed E-state index contributed by atoms with van der Waals surface area (Å²) < 4.78 is 27.3. The van der Waals surface area contributed by atoms with Crippen LogP contribution in [0, 0.1) is 0 Å². The fourth-order valence-electron chi connectivity index (χ4n) is 2.77. The van der Waals surface area contributed by atoms with Crippen LogP contribution in [-0.2, 0) is 6.54 Å². The highest BCUT2D eigenvalue weighted by atomic mass is 19.3. The predicted octanol–water partition coefficient (Wildman–Crippen LogP) is 4.59. The van der Waals surface area contributed by atoms with Crippen molar-refractivity contribution in [1.82, 2.24) is 14.5 Å². The van der Waals surface area contributed by atoms with Crippen LogP contribution in [0.15, 0.2) is 47.5 Å². The molecule has 0 saturated carbocycles. The van der Waals surface area contributed by atoms with Gasteiger partial charge in [-0.1, -0.05) is 25.8 Å². The van der Waals surface area contributed by atoms with Crippen molar-refractivity contribution >= 4 is 10.8 Å². The van der Waals surface area contributed by atoms with Crippen LogP contribution in [0.2, 0.25) is 0 Å². The van der Waals surface area contributed by atoms with Gasteiger partial charge in [-0.05, 0) is 36.1 Å². The zero-order chi connectivity index (χ0) is 17.8. The molecule has 0 unspecified atom stereocenters. The Balaban J connectivity index is 1.97. The van der Waals surface area contributed by atoms with Crippen LogP contribution in [0.4, 0.5) is 8.78 Å². The van der Waals surface area contributed by atoms with Gasteiger partial charge in [0.1, 0.15) is 5.69 Å². The number of rotatable bonds is 6. The lowest BCUT2D eigenvalue weighted by atomic mass is 10.1. The standard InChI is InChI=1S/C19H19F2N3O/c1-2-3-4-10-24-11-8-13-12-14(5-6-15(13)19(24)25)18-22-9-7-16(23-18)17(20)21/h5-9,11-12,17H,2-4,10H2,1H3. The highest BCUT2D eigenvalue weighted by molar-refractivity contribution is 5.85. The van der Waals surface area contributed by atoms with Crippen LogP contribution < -0.4 is 5.56 Å². The molecule has 0 atom stereocenters. The minimum atomic E-state index is -2.64. The quantitative estimate of drug-likeness (QED) is 0.615. The van der Waals surface area contributed by atoms with Gasteiger partial charge in [0, 0.05) is 29.9 Å². The Kier molecular flexibility index (Phi) is 5.16. The molecule has 0 amide bonds. The number of fused-ring (bicyclic) bond motifs is 1. The Hall–Kier alpha value is -2.63. The Morgan fingerprint density at radius 1 is 1.16 bits per heavy atom. The summed E-state index contributed by atoms with van der Waals surface area (Å²) in [5.41, 5.74) is 0.261. The van der Waals surface area contributed by atoms with E-state index in [1.807, 2.05) is 6.07 Å². The molecule has 0 aliphatic rings. The van der Waals surface area contributed by atoms with Crippen molar-refractivity contribution in [2.75, 3.05) is 0 Å². The Morgan fingerprint density at radius 2 is 2.00 bits per heavy atom. The van der Waals surface area contributed by atoms with E-state index >= 15 is 0 Å². The van der Waals surface area contributed by atoms with E-state index in [1.54, 1.807) is 29.0 Å². The molecule has 6 heteroatoms. The maximum Gasteiger partial charge on any atom is 0.280 e. The van der Waals surface area contributed by atoms with Crippen molar-refractivity contribution in [1.29, 1.82) is 0 Å². The lowest BCUT2D eigenvalue weighted by Crippen LogP contribution is -2.19. The number of pyridine rings is 1. The van der Waals surface area contributed by atoms with E-state index in [9.17, 15) is 13.6 Å². The number of halogens is 2. The summed E-state index contributed by atoms with van der Waals surface area (Å²) in [4.78, 5) is 20.5. The maximum absolute atomic E-state index is 12.8. The normalized spacial score (nSPS) is 11.4. The SMILES string of the molecule is CCCCCn1ccc2cc(-c3nccc(C(F)F)n3)ccc2c1=O. The summed E-state index contributed by atoms with van der Waals surface area (Å²) in [5, 5.41) is 1.35. The van der Waals surface area contributed by atoms with Gasteiger partial charge >= 0.3 is 0 Å². The molecule has 25 heavy (non-hydrogen) atoms. The number of hydrogen-bond acceptors (Lipinski definition) is 3. The molecule has 2 aromatic heterocycles. The van der Waals surface area contributed by atoms with Gasteiger partial charge in [0.05, 0.1) is 0 Å². The number of aromatic nitrogens is 3. The van der Waals surface area contributed by atoms with E-state index in [0.717, 1.165) is 24.6 Å². The molecule has 0 bridgehead atoms. The second kappa shape index (κ2) is 7.51. The molecule has 130 valence electrons. The summed E-state index contributed by atoms with van der Waals surface area (Å²) in [6.07, 6.45) is 3.61. The van der Waals surface area contributed by atoms with Gasteiger partial charge < -0.3 is 4.57 Å². The monoisotopic (exact) mass is 343 g/mol. The van der Waals surface area contributed by atoms with Crippen LogP contribution in [0.5, 0.6) is 0 Å². The molecule has 4 nitrogen and oxygen atoms in total. The Morgan fingerprint density at radius 3 is 2.76 bits per heavy atom. The summed E-state index contributed by atoms with van der Waals surface area (Å²) in [6.45, 7) is 2.82. The second-order valence-electron chi connectivity index (χ2n) is 5.93. The van der Waals surface area contributed by atoms with Gasteiger partial charge in [-0.25, -0.2) is 18.7 Å². The molecule has 0 N–H and O–H groups in total. The number of benzene rings is 1. The number of nitrogens with zero attached hydrogens (tertiary/aromatic N) is 3. The molecule has 0 aliphatic heterocycles. The molecule has 3 aromatic rings. The molecule has 0 radical (unpaired) electrons. The van der Waals surface area contributed by atoms with Gasteiger partial charge in [-0.2, -0.15) is 0 Å². The van der Waals surface area contributed by atoms with Crippen molar-refractivity contribution in [2.45, 2.75) is 39.2 Å². The van der Waals surface area contributed by atoms with Crippen molar-refractivity contribution in [3.05, 3.63) is 58.8 Å². The molecule has 0 aliphatic carbocycles. The topological polar surface area (TPSA) is 47.8 Å². The second-order valence-corrected chi connectivity index (χ2v) is 5.93. The third-order valence-corrected chi connectivity index (χ3v) is 4.14. The van der Waals surface area contributed by atoms with Gasteiger partial charge in [-0.3, -0.25) is 4.79 Å². The number of alkyl halides is 2. The molecule has 0 saturated heterocycles. The summed E-state index contributed by atoms with van der Waals surface area (Å²) in [7, 11) is 0. The van der Waals surface area contributed by atoms with Gasteiger partial charge in [0.2, 0.25) is 0 Å². The van der Waals surface area contributed by atoms with Gasteiger partial charge in [-0.15, -0.1) is 0 Å². The van der Waals surface area contributed by atoms with Crippen LogP contribution in [0.1, 0.15) is 38.3 Å². The zero-order valence-corrected chi connectivity index (χ0v) is 14.0. The number of aryl methyl sites for hydroxylation is 1. The lowest BCUT2D eigenvalue weighted by Gasteiger charge is -2.08. The third kappa shape index (κ3) is 3.73. The molecule has 0 fully saturated rings.